The van der Waals surface area contributed by atoms with Crippen LogP contribution in [0.4, 0.5) is 0 Å². The largest absolute Gasteiger partial charge is 0.330 e. The normalized spacial score (nSPS) is 11.3. The summed E-state index contributed by atoms with van der Waals surface area (Å²) < 4.78 is 2.26. The number of benzene rings is 1. The van der Waals surface area contributed by atoms with Gasteiger partial charge >= 0.3 is 0 Å². The van der Waals surface area contributed by atoms with Gasteiger partial charge in [0.05, 0.1) is 11.4 Å². The molecule has 0 fully saturated rings. The van der Waals surface area contributed by atoms with Gasteiger partial charge in [-0.05, 0) is 31.0 Å². The zero-order valence-corrected chi connectivity index (χ0v) is 12.7. The third-order valence-electron chi connectivity index (χ3n) is 3.70. The second-order valence-electron chi connectivity index (χ2n) is 4.97. The maximum atomic E-state index is 5.74. The molecule has 3 rings (SSSR count). The van der Waals surface area contributed by atoms with Crippen LogP contribution in [0.1, 0.15) is 23.9 Å². The number of aromatic nitrogens is 2. The zero-order valence-electron chi connectivity index (χ0n) is 11.9. The number of nitrogens with zero attached hydrogens (tertiary/aromatic N) is 2. The average Bonchev–Trinajstić information content (AvgIpc) is 3.00. The lowest BCUT2D eigenvalue weighted by atomic mass is 10.1. The highest BCUT2D eigenvalue weighted by Crippen LogP contribution is 2.29. The van der Waals surface area contributed by atoms with Crippen molar-refractivity contribution in [2.75, 3.05) is 6.54 Å². The molecule has 0 spiro atoms. The molecule has 4 heteroatoms. The number of fused-ring (bicyclic) bond motifs is 1. The average molecular weight is 285 g/mol. The van der Waals surface area contributed by atoms with Crippen LogP contribution in [0.15, 0.2) is 29.6 Å². The number of nitrogens with two attached hydrogens (primary N) is 1. The molecule has 0 aliphatic rings. The number of thiazole rings is 1. The highest BCUT2D eigenvalue weighted by molar-refractivity contribution is 7.15. The van der Waals surface area contributed by atoms with Crippen LogP contribution in [-0.2, 0) is 12.8 Å². The van der Waals surface area contributed by atoms with E-state index >= 15 is 0 Å². The minimum Gasteiger partial charge on any atom is -0.330 e. The smallest absolute Gasteiger partial charge is 0.194 e. The molecule has 0 unspecified atom stereocenters. The Hall–Kier alpha value is -1.65. The molecular formula is C16H19N3S. The molecule has 3 aromatic rings. The van der Waals surface area contributed by atoms with Crippen molar-refractivity contribution in [3.63, 3.8) is 0 Å². The van der Waals surface area contributed by atoms with Crippen LogP contribution in [0.3, 0.4) is 0 Å². The van der Waals surface area contributed by atoms with Crippen LogP contribution in [-0.4, -0.2) is 15.9 Å². The molecule has 0 atom stereocenters. The van der Waals surface area contributed by atoms with Crippen LogP contribution in [0, 0.1) is 6.92 Å². The van der Waals surface area contributed by atoms with Crippen molar-refractivity contribution in [3.05, 3.63) is 46.6 Å². The Balaban J connectivity index is 2.14. The minimum absolute atomic E-state index is 0.651. The molecule has 0 aliphatic carbocycles. The summed E-state index contributed by atoms with van der Waals surface area (Å²) in [5, 5.41) is 2.18. The number of hydrogen-bond acceptors (Lipinski definition) is 3. The van der Waals surface area contributed by atoms with Crippen molar-refractivity contribution in [2.45, 2.75) is 26.7 Å². The zero-order chi connectivity index (χ0) is 14.1. The number of hydrogen-bond donors (Lipinski definition) is 1. The molecule has 1 aromatic carbocycles. The highest BCUT2D eigenvalue weighted by Gasteiger charge is 2.14. The Kier molecular flexibility index (Phi) is 3.59. The molecular weight excluding hydrogens is 266 g/mol. The molecule has 0 amide bonds. The van der Waals surface area contributed by atoms with E-state index in [0.717, 1.165) is 23.5 Å². The van der Waals surface area contributed by atoms with E-state index in [2.05, 4.69) is 52.9 Å². The first kappa shape index (κ1) is 13.3. The van der Waals surface area contributed by atoms with Crippen molar-refractivity contribution in [1.82, 2.24) is 9.38 Å². The van der Waals surface area contributed by atoms with E-state index in [0.29, 0.717) is 6.54 Å². The Bertz CT molecular complexity index is 722. The van der Waals surface area contributed by atoms with Gasteiger partial charge < -0.3 is 5.73 Å². The summed E-state index contributed by atoms with van der Waals surface area (Å²) in [4.78, 5) is 5.69. The quantitative estimate of drug-likeness (QED) is 0.798. The second-order valence-corrected chi connectivity index (χ2v) is 5.81. The molecule has 2 heterocycles. The number of rotatable bonds is 4. The van der Waals surface area contributed by atoms with Gasteiger partial charge in [-0.1, -0.05) is 31.2 Å². The summed E-state index contributed by atoms with van der Waals surface area (Å²) in [6.07, 6.45) is 1.94. The summed E-state index contributed by atoms with van der Waals surface area (Å²) in [5.74, 6) is 0. The molecule has 2 N–H and O–H groups in total. The summed E-state index contributed by atoms with van der Waals surface area (Å²) >= 11 is 1.69. The first-order valence-corrected chi connectivity index (χ1v) is 7.87. The Labute approximate surface area is 123 Å². The van der Waals surface area contributed by atoms with E-state index in [1.807, 2.05) is 0 Å². The highest BCUT2D eigenvalue weighted by atomic mass is 32.1. The fourth-order valence-electron chi connectivity index (χ4n) is 2.56. The second kappa shape index (κ2) is 5.38. The summed E-state index contributed by atoms with van der Waals surface area (Å²) in [5.41, 5.74) is 11.9. The third kappa shape index (κ3) is 2.15. The van der Waals surface area contributed by atoms with Crippen molar-refractivity contribution < 1.29 is 0 Å². The lowest BCUT2D eigenvalue weighted by Crippen LogP contribution is -2.06. The van der Waals surface area contributed by atoms with E-state index in [1.165, 1.54) is 22.5 Å². The van der Waals surface area contributed by atoms with Gasteiger partial charge in [0.25, 0.3) is 0 Å². The van der Waals surface area contributed by atoms with Gasteiger partial charge in [0.1, 0.15) is 0 Å². The predicted octanol–water partition coefficient (Wildman–Crippen LogP) is 3.43. The van der Waals surface area contributed by atoms with Gasteiger partial charge in [0, 0.05) is 17.5 Å². The lowest BCUT2D eigenvalue weighted by molar-refractivity contribution is 0.899. The van der Waals surface area contributed by atoms with Gasteiger partial charge in [-0.2, -0.15) is 0 Å². The van der Waals surface area contributed by atoms with Crippen LogP contribution in [0.2, 0.25) is 0 Å². The number of aryl methyl sites for hydroxylation is 2. The topological polar surface area (TPSA) is 43.3 Å². The van der Waals surface area contributed by atoms with E-state index in [9.17, 15) is 0 Å². The molecule has 0 saturated heterocycles. The number of imidazole rings is 1. The van der Waals surface area contributed by atoms with Crippen LogP contribution < -0.4 is 5.73 Å². The van der Waals surface area contributed by atoms with Crippen molar-refractivity contribution >= 4 is 16.3 Å². The maximum Gasteiger partial charge on any atom is 0.194 e. The Morgan fingerprint density at radius 1 is 1.25 bits per heavy atom. The molecule has 3 nitrogen and oxygen atoms in total. The maximum absolute atomic E-state index is 5.74. The lowest BCUT2D eigenvalue weighted by Gasteiger charge is -2.05. The molecule has 0 radical (unpaired) electrons. The van der Waals surface area contributed by atoms with E-state index in [-0.39, 0.29) is 0 Å². The molecule has 20 heavy (non-hydrogen) atoms. The van der Waals surface area contributed by atoms with Crippen LogP contribution in [0.5, 0.6) is 0 Å². The SMILES string of the molecule is CCc1ccc(-c2csc3nc(C)c(CCN)n23)cc1. The molecule has 104 valence electrons. The van der Waals surface area contributed by atoms with Gasteiger partial charge in [0.15, 0.2) is 4.96 Å². The predicted molar refractivity (Wildman–Crippen MR) is 85.4 cm³/mol. The van der Waals surface area contributed by atoms with E-state index < -0.39 is 0 Å². The van der Waals surface area contributed by atoms with Gasteiger partial charge in [0.2, 0.25) is 0 Å². The van der Waals surface area contributed by atoms with Crippen molar-refractivity contribution in [2.24, 2.45) is 5.73 Å². The Morgan fingerprint density at radius 3 is 2.65 bits per heavy atom. The minimum atomic E-state index is 0.651. The fourth-order valence-corrected chi connectivity index (χ4v) is 3.52. The monoisotopic (exact) mass is 285 g/mol. The van der Waals surface area contributed by atoms with Gasteiger partial charge in [-0.15, -0.1) is 11.3 Å². The summed E-state index contributed by atoms with van der Waals surface area (Å²) in [6.45, 7) is 4.89. The Morgan fingerprint density at radius 2 is 2.00 bits per heavy atom. The van der Waals surface area contributed by atoms with E-state index in [4.69, 9.17) is 5.73 Å². The molecule has 2 aromatic heterocycles. The molecule has 0 aliphatic heterocycles. The molecule has 0 bridgehead atoms. The van der Waals surface area contributed by atoms with Gasteiger partial charge in [-0.3, -0.25) is 4.40 Å². The third-order valence-corrected chi connectivity index (χ3v) is 4.52. The van der Waals surface area contributed by atoms with Crippen LogP contribution in [0.25, 0.3) is 16.2 Å². The standard InChI is InChI=1S/C16H19N3S/c1-3-12-4-6-13(7-5-12)15-10-20-16-18-11(2)14(8-9-17)19(15)16/h4-7,10H,3,8-9,17H2,1-2H3. The molecule has 0 saturated carbocycles. The van der Waals surface area contributed by atoms with E-state index in [1.54, 1.807) is 11.3 Å². The first-order chi connectivity index (χ1) is 9.74. The summed E-state index contributed by atoms with van der Waals surface area (Å²) in [7, 11) is 0. The summed E-state index contributed by atoms with van der Waals surface area (Å²) in [6, 6.07) is 8.79. The van der Waals surface area contributed by atoms with Crippen molar-refractivity contribution in [3.8, 4) is 11.3 Å². The van der Waals surface area contributed by atoms with Crippen LogP contribution >= 0.6 is 11.3 Å². The fraction of sp³-hybridized carbons (Fsp3) is 0.312. The van der Waals surface area contributed by atoms with Gasteiger partial charge in [-0.25, -0.2) is 4.98 Å². The first-order valence-electron chi connectivity index (χ1n) is 6.99. The van der Waals surface area contributed by atoms with Crippen molar-refractivity contribution in [1.29, 1.82) is 0 Å².